The quantitative estimate of drug-likeness (QED) is 0.594. The third kappa shape index (κ3) is 6.25. The van der Waals surface area contributed by atoms with Crippen molar-refractivity contribution >= 4 is 21.7 Å². The maximum Gasteiger partial charge on any atom is 0.319 e. The number of nitrogens with zero attached hydrogens (tertiary/aromatic N) is 1. The van der Waals surface area contributed by atoms with Crippen molar-refractivity contribution in [2.45, 2.75) is 56.2 Å². The summed E-state index contributed by atoms with van der Waals surface area (Å²) >= 11 is 0. The lowest BCUT2D eigenvalue weighted by atomic mass is 9.93. The van der Waals surface area contributed by atoms with Gasteiger partial charge < -0.3 is 15.4 Å². The number of ether oxygens (including phenoxy) is 1. The zero-order valence-electron chi connectivity index (χ0n) is 17.0. The van der Waals surface area contributed by atoms with Crippen LogP contribution in [0, 0.1) is 0 Å². The molecule has 1 aromatic heterocycles. The number of urea groups is 1. The molecule has 1 fully saturated rings. The number of sulfonamides is 1. The molecule has 8 nitrogen and oxygen atoms in total. The fourth-order valence-corrected chi connectivity index (χ4v) is 4.79. The Bertz CT molecular complexity index is 918. The van der Waals surface area contributed by atoms with Crippen molar-refractivity contribution in [1.82, 2.24) is 15.0 Å². The summed E-state index contributed by atoms with van der Waals surface area (Å²) in [7, 11) is -3.67. The average molecular weight is 433 g/mol. The van der Waals surface area contributed by atoms with Crippen LogP contribution in [0.4, 0.5) is 10.5 Å². The highest BCUT2D eigenvalue weighted by Gasteiger charge is 2.29. The molecule has 0 aliphatic heterocycles. The van der Waals surface area contributed by atoms with Gasteiger partial charge in [-0.1, -0.05) is 18.9 Å². The van der Waals surface area contributed by atoms with Gasteiger partial charge in [-0.05, 0) is 55.7 Å². The number of pyridine rings is 1. The molecular weight excluding hydrogens is 404 g/mol. The maximum atomic E-state index is 12.8. The molecule has 1 heterocycles. The van der Waals surface area contributed by atoms with Gasteiger partial charge in [0.2, 0.25) is 10.0 Å². The standard InChI is InChI=1S/C21H28N4O4S/c1-2-29-20-8-4-3-7-19(20)25-30(27,28)18-11-9-17(10-12-18)24-21(26)23-15-16-6-5-13-22-14-16/h5-6,9-14,19-20,25H,2-4,7-8,15H2,1H3,(H2,23,24,26). The summed E-state index contributed by atoms with van der Waals surface area (Å²) in [6, 6.07) is 9.16. The summed E-state index contributed by atoms with van der Waals surface area (Å²) in [4.78, 5) is 16.2. The Morgan fingerprint density at radius 3 is 2.63 bits per heavy atom. The van der Waals surface area contributed by atoms with Crippen LogP contribution in [0.3, 0.4) is 0 Å². The first-order valence-corrected chi connectivity index (χ1v) is 11.6. The zero-order valence-corrected chi connectivity index (χ0v) is 17.8. The molecule has 3 N–H and O–H groups in total. The molecule has 162 valence electrons. The Labute approximate surface area is 177 Å². The Balaban J connectivity index is 1.56. The Hall–Kier alpha value is -2.49. The molecule has 3 rings (SSSR count). The van der Waals surface area contributed by atoms with Crippen LogP contribution in [0.25, 0.3) is 0 Å². The Morgan fingerprint density at radius 1 is 1.17 bits per heavy atom. The number of hydrogen-bond acceptors (Lipinski definition) is 5. The highest BCUT2D eigenvalue weighted by molar-refractivity contribution is 7.89. The normalized spacial score (nSPS) is 19.2. The van der Waals surface area contributed by atoms with Gasteiger partial charge in [-0.3, -0.25) is 4.98 Å². The van der Waals surface area contributed by atoms with E-state index in [1.165, 1.54) is 12.1 Å². The lowest BCUT2D eigenvalue weighted by Gasteiger charge is -2.31. The van der Waals surface area contributed by atoms with Gasteiger partial charge in [-0.2, -0.15) is 0 Å². The second-order valence-corrected chi connectivity index (χ2v) is 8.91. The molecule has 1 aliphatic carbocycles. The molecule has 2 amide bonds. The van der Waals surface area contributed by atoms with Gasteiger partial charge in [-0.25, -0.2) is 17.9 Å². The van der Waals surface area contributed by atoms with Gasteiger partial charge in [0.05, 0.1) is 11.0 Å². The van der Waals surface area contributed by atoms with Gasteiger partial charge in [0.25, 0.3) is 0 Å². The van der Waals surface area contributed by atoms with Crippen LogP contribution in [0.2, 0.25) is 0 Å². The first kappa shape index (κ1) is 22.2. The molecule has 1 aromatic carbocycles. The Morgan fingerprint density at radius 2 is 1.93 bits per heavy atom. The second kappa shape index (κ2) is 10.5. The monoisotopic (exact) mass is 432 g/mol. The van der Waals surface area contributed by atoms with Gasteiger partial charge in [-0.15, -0.1) is 0 Å². The number of amides is 2. The molecule has 1 saturated carbocycles. The van der Waals surface area contributed by atoms with Crippen molar-refractivity contribution in [2.24, 2.45) is 0 Å². The van der Waals surface area contributed by atoms with Crippen molar-refractivity contribution in [3.8, 4) is 0 Å². The third-order valence-electron chi connectivity index (χ3n) is 4.99. The van der Waals surface area contributed by atoms with Crippen molar-refractivity contribution < 1.29 is 17.9 Å². The fraction of sp³-hybridized carbons (Fsp3) is 0.429. The molecule has 0 radical (unpaired) electrons. The smallest absolute Gasteiger partial charge is 0.319 e. The van der Waals surface area contributed by atoms with E-state index < -0.39 is 10.0 Å². The highest BCUT2D eigenvalue weighted by Crippen LogP contribution is 2.23. The summed E-state index contributed by atoms with van der Waals surface area (Å²) in [6.07, 6.45) is 6.90. The van der Waals surface area contributed by atoms with E-state index in [0.29, 0.717) is 18.8 Å². The van der Waals surface area contributed by atoms with E-state index in [9.17, 15) is 13.2 Å². The summed E-state index contributed by atoms with van der Waals surface area (Å²) < 4.78 is 34.0. The number of carbonyl (C=O) groups excluding carboxylic acids is 1. The van der Waals surface area contributed by atoms with Crippen LogP contribution in [0.5, 0.6) is 0 Å². The van der Waals surface area contributed by atoms with Crippen LogP contribution < -0.4 is 15.4 Å². The van der Waals surface area contributed by atoms with E-state index in [1.807, 2.05) is 13.0 Å². The minimum absolute atomic E-state index is 0.0945. The fourth-order valence-electron chi connectivity index (χ4n) is 3.49. The largest absolute Gasteiger partial charge is 0.377 e. The summed E-state index contributed by atoms with van der Waals surface area (Å²) in [5, 5.41) is 5.42. The van der Waals surface area contributed by atoms with E-state index in [2.05, 4.69) is 20.3 Å². The minimum atomic E-state index is -3.67. The maximum absolute atomic E-state index is 12.8. The molecule has 2 unspecified atom stereocenters. The topological polar surface area (TPSA) is 109 Å². The van der Waals surface area contributed by atoms with Crippen molar-refractivity contribution in [3.63, 3.8) is 0 Å². The number of carbonyl (C=O) groups is 1. The third-order valence-corrected chi connectivity index (χ3v) is 6.49. The van der Waals surface area contributed by atoms with Crippen molar-refractivity contribution in [2.75, 3.05) is 11.9 Å². The van der Waals surface area contributed by atoms with E-state index in [1.54, 1.807) is 30.6 Å². The number of aromatic nitrogens is 1. The van der Waals surface area contributed by atoms with Crippen LogP contribution in [0.15, 0.2) is 53.7 Å². The lowest BCUT2D eigenvalue weighted by Crippen LogP contribution is -2.46. The SMILES string of the molecule is CCOC1CCCCC1NS(=O)(=O)c1ccc(NC(=O)NCc2cccnc2)cc1. The molecule has 1 aliphatic rings. The summed E-state index contributed by atoms with van der Waals surface area (Å²) in [5.74, 6) is 0. The number of rotatable bonds is 8. The van der Waals surface area contributed by atoms with Crippen molar-refractivity contribution in [3.05, 3.63) is 54.4 Å². The summed E-state index contributed by atoms with van der Waals surface area (Å²) in [6.45, 7) is 2.82. The van der Waals surface area contributed by atoms with Gasteiger partial charge in [0, 0.05) is 37.3 Å². The van der Waals surface area contributed by atoms with E-state index in [4.69, 9.17) is 4.74 Å². The molecular formula is C21H28N4O4S. The van der Waals surface area contributed by atoms with Crippen LogP contribution in [0.1, 0.15) is 38.2 Å². The first-order chi connectivity index (χ1) is 14.5. The van der Waals surface area contributed by atoms with Gasteiger partial charge in [0.15, 0.2) is 0 Å². The molecule has 0 bridgehead atoms. The van der Waals surface area contributed by atoms with Crippen LogP contribution in [-0.2, 0) is 21.3 Å². The zero-order chi connectivity index (χ0) is 21.4. The second-order valence-electron chi connectivity index (χ2n) is 7.20. The lowest BCUT2D eigenvalue weighted by molar-refractivity contribution is 0.0184. The Kier molecular flexibility index (Phi) is 7.78. The van der Waals surface area contributed by atoms with Crippen LogP contribution >= 0.6 is 0 Å². The molecule has 0 spiro atoms. The predicted octanol–water partition coefficient (Wildman–Crippen LogP) is 3.03. The van der Waals surface area contributed by atoms with Crippen molar-refractivity contribution in [1.29, 1.82) is 0 Å². The predicted molar refractivity (Wildman–Crippen MR) is 115 cm³/mol. The first-order valence-electron chi connectivity index (χ1n) is 10.2. The van der Waals surface area contributed by atoms with Gasteiger partial charge >= 0.3 is 6.03 Å². The molecule has 9 heteroatoms. The van der Waals surface area contributed by atoms with E-state index >= 15 is 0 Å². The number of nitrogens with one attached hydrogen (secondary N) is 3. The van der Waals surface area contributed by atoms with Gasteiger partial charge in [0.1, 0.15) is 0 Å². The van der Waals surface area contributed by atoms with Crippen LogP contribution in [-0.4, -0.2) is 38.2 Å². The summed E-state index contributed by atoms with van der Waals surface area (Å²) in [5.41, 5.74) is 1.38. The molecule has 2 aromatic rings. The number of hydrogen-bond donors (Lipinski definition) is 3. The molecule has 0 saturated heterocycles. The number of benzene rings is 1. The minimum Gasteiger partial charge on any atom is -0.377 e. The molecule has 2 atom stereocenters. The van der Waals surface area contributed by atoms with E-state index in [0.717, 1.165) is 31.2 Å². The molecule has 30 heavy (non-hydrogen) atoms. The average Bonchev–Trinajstić information content (AvgIpc) is 2.75. The number of anilines is 1. The van der Waals surface area contributed by atoms with E-state index in [-0.39, 0.29) is 23.1 Å². The highest BCUT2D eigenvalue weighted by atomic mass is 32.2.